The van der Waals surface area contributed by atoms with Gasteiger partial charge in [0.1, 0.15) is 42.7 Å². The molecule has 5 unspecified atom stereocenters. The van der Waals surface area contributed by atoms with E-state index in [0.29, 0.717) is 0 Å². The van der Waals surface area contributed by atoms with Crippen molar-refractivity contribution in [1.82, 2.24) is 0 Å². The normalized spacial score (nSPS) is 49.5. The minimum atomic E-state index is -1.52. The quantitative estimate of drug-likeness (QED) is 0.304. The van der Waals surface area contributed by atoms with Crippen LogP contribution in [0.15, 0.2) is 0 Å². The van der Waals surface area contributed by atoms with Gasteiger partial charge >= 0.3 is 0 Å². The van der Waals surface area contributed by atoms with Crippen LogP contribution < -0.4 is 0 Å². The Hall–Kier alpha value is -0.360. The Labute approximate surface area is 114 Å². The van der Waals surface area contributed by atoms with Crippen molar-refractivity contribution in [2.24, 2.45) is 0 Å². The molecule has 2 aliphatic heterocycles. The molecule has 6 N–H and O–H groups in total. The van der Waals surface area contributed by atoms with Crippen molar-refractivity contribution in [3.8, 4) is 0 Å². The van der Waals surface area contributed by atoms with E-state index >= 15 is 0 Å². The van der Waals surface area contributed by atoms with Gasteiger partial charge in [0.2, 0.25) is 0 Å². The van der Waals surface area contributed by atoms with Gasteiger partial charge in [0.05, 0.1) is 19.8 Å². The number of aliphatic hydroxyl groups is 6. The lowest BCUT2D eigenvalue weighted by molar-refractivity contribution is -0.305. The highest BCUT2D eigenvalue weighted by atomic mass is 16.7. The Bertz CT molecular complexity index is 312. The van der Waals surface area contributed by atoms with E-state index in [4.69, 9.17) is 19.3 Å². The third kappa shape index (κ3) is 3.11. The summed E-state index contributed by atoms with van der Waals surface area (Å²) in [7, 11) is 0. The Balaban J connectivity index is 1.88. The lowest BCUT2D eigenvalue weighted by atomic mass is 9.99. The van der Waals surface area contributed by atoms with Crippen molar-refractivity contribution in [2.45, 2.75) is 49.0 Å². The predicted molar refractivity (Wildman–Crippen MR) is 61.5 cm³/mol. The van der Waals surface area contributed by atoms with E-state index in [9.17, 15) is 25.5 Å². The molecular weight excluding hydrogens is 276 g/mol. The third-order valence-electron chi connectivity index (χ3n) is 3.53. The Morgan fingerprint density at radius 2 is 1.60 bits per heavy atom. The molecule has 2 saturated heterocycles. The molecule has 8 atom stereocenters. The molecule has 0 spiro atoms. The van der Waals surface area contributed by atoms with E-state index in [1.165, 1.54) is 0 Å². The fourth-order valence-corrected chi connectivity index (χ4v) is 2.21. The van der Waals surface area contributed by atoms with Crippen LogP contribution in [-0.4, -0.2) is 99.5 Å². The van der Waals surface area contributed by atoms with Crippen molar-refractivity contribution in [3.05, 3.63) is 0 Å². The molecule has 9 heteroatoms. The molecule has 0 amide bonds. The van der Waals surface area contributed by atoms with Gasteiger partial charge in [-0.05, 0) is 0 Å². The maximum absolute atomic E-state index is 9.72. The highest BCUT2D eigenvalue weighted by Crippen LogP contribution is 2.23. The van der Waals surface area contributed by atoms with Gasteiger partial charge < -0.3 is 44.8 Å². The molecule has 0 aliphatic carbocycles. The summed E-state index contributed by atoms with van der Waals surface area (Å²) in [4.78, 5) is 0. The van der Waals surface area contributed by atoms with Crippen molar-refractivity contribution in [3.63, 3.8) is 0 Å². The molecule has 9 nitrogen and oxygen atoms in total. The van der Waals surface area contributed by atoms with E-state index < -0.39 is 55.6 Å². The van der Waals surface area contributed by atoms with Crippen molar-refractivity contribution in [1.29, 1.82) is 0 Å². The standard InChI is InChI=1S/C11H20O9/c12-1-5-8(15)9(16)10(17)11(20-5)19-3-6-7(14)4(13)2-18-6/h4-17H,1-3H2/t4?,5?,6-,7?,8+,9?,10?,11-/m1/s1. The first-order valence-electron chi connectivity index (χ1n) is 6.35. The highest BCUT2D eigenvalue weighted by molar-refractivity contribution is 4.89. The van der Waals surface area contributed by atoms with E-state index in [2.05, 4.69) is 0 Å². The summed E-state index contributed by atoms with van der Waals surface area (Å²) in [5.41, 5.74) is 0. The highest BCUT2D eigenvalue weighted by Gasteiger charge is 2.45. The summed E-state index contributed by atoms with van der Waals surface area (Å²) in [5, 5.41) is 56.7. The molecule has 0 bridgehead atoms. The Morgan fingerprint density at radius 3 is 2.15 bits per heavy atom. The smallest absolute Gasteiger partial charge is 0.186 e. The summed E-state index contributed by atoms with van der Waals surface area (Å²) in [5.74, 6) is 0. The summed E-state index contributed by atoms with van der Waals surface area (Å²) < 4.78 is 15.4. The van der Waals surface area contributed by atoms with E-state index in [-0.39, 0.29) is 13.2 Å². The molecule has 0 aromatic heterocycles. The second-order valence-electron chi connectivity index (χ2n) is 4.96. The van der Waals surface area contributed by atoms with Gasteiger partial charge in [-0.1, -0.05) is 0 Å². The molecular formula is C11H20O9. The Morgan fingerprint density at radius 1 is 0.900 bits per heavy atom. The van der Waals surface area contributed by atoms with Gasteiger partial charge in [-0.15, -0.1) is 0 Å². The molecule has 118 valence electrons. The molecule has 0 aromatic rings. The maximum Gasteiger partial charge on any atom is 0.186 e. The van der Waals surface area contributed by atoms with Crippen LogP contribution in [0.2, 0.25) is 0 Å². The van der Waals surface area contributed by atoms with Crippen LogP contribution in [-0.2, 0) is 14.2 Å². The molecule has 0 saturated carbocycles. The van der Waals surface area contributed by atoms with Gasteiger partial charge in [0, 0.05) is 0 Å². The zero-order valence-corrected chi connectivity index (χ0v) is 10.6. The molecule has 20 heavy (non-hydrogen) atoms. The number of hydrogen-bond acceptors (Lipinski definition) is 9. The molecule has 2 heterocycles. The zero-order valence-electron chi connectivity index (χ0n) is 10.6. The van der Waals surface area contributed by atoms with Gasteiger partial charge in [0.25, 0.3) is 0 Å². The first kappa shape index (κ1) is 16.0. The number of ether oxygens (including phenoxy) is 3. The minimum absolute atomic E-state index is 0.0239. The average molecular weight is 296 g/mol. The fraction of sp³-hybridized carbons (Fsp3) is 1.00. The van der Waals surface area contributed by atoms with Crippen molar-refractivity contribution < 1.29 is 44.8 Å². The lowest BCUT2D eigenvalue weighted by Gasteiger charge is -2.39. The van der Waals surface area contributed by atoms with Gasteiger partial charge in [0.15, 0.2) is 6.29 Å². The van der Waals surface area contributed by atoms with Gasteiger partial charge in [-0.2, -0.15) is 0 Å². The third-order valence-corrected chi connectivity index (χ3v) is 3.53. The topological polar surface area (TPSA) is 149 Å². The summed E-state index contributed by atoms with van der Waals surface area (Å²) >= 11 is 0. The van der Waals surface area contributed by atoms with E-state index in [0.717, 1.165) is 0 Å². The zero-order chi connectivity index (χ0) is 14.9. The fourth-order valence-electron chi connectivity index (χ4n) is 2.21. The molecule has 2 rings (SSSR count). The van der Waals surface area contributed by atoms with Crippen LogP contribution in [0.25, 0.3) is 0 Å². The number of hydrogen-bond donors (Lipinski definition) is 6. The number of aliphatic hydroxyl groups excluding tert-OH is 6. The second-order valence-corrected chi connectivity index (χ2v) is 4.96. The average Bonchev–Trinajstić information content (AvgIpc) is 2.76. The summed E-state index contributed by atoms with van der Waals surface area (Å²) in [6.45, 7) is -0.753. The van der Waals surface area contributed by atoms with Crippen LogP contribution in [0.5, 0.6) is 0 Å². The monoisotopic (exact) mass is 296 g/mol. The van der Waals surface area contributed by atoms with Crippen LogP contribution in [0.1, 0.15) is 0 Å². The summed E-state index contributed by atoms with van der Waals surface area (Å²) in [6.07, 6.45) is -9.71. The number of rotatable bonds is 4. The minimum Gasteiger partial charge on any atom is -0.394 e. The van der Waals surface area contributed by atoms with Crippen LogP contribution in [0, 0.1) is 0 Å². The van der Waals surface area contributed by atoms with E-state index in [1.807, 2.05) is 0 Å². The Kier molecular flexibility index (Phi) is 5.29. The molecule has 0 radical (unpaired) electrons. The predicted octanol–water partition coefficient (Wildman–Crippen LogP) is -4.08. The van der Waals surface area contributed by atoms with Crippen LogP contribution >= 0.6 is 0 Å². The van der Waals surface area contributed by atoms with Gasteiger partial charge in [-0.3, -0.25) is 0 Å². The largest absolute Gasteiger partial charge is 0.394 e. The van der Waals surface area contributed by atoms with Crippen molar-refractivity contribution >= 4 is 0 Å². The van der Waals surface area contributed by atoms with Crippen LogP contribution in [0.3, 0.4) is 0 Å². The first-order chi connectivity index (χ1) is 9.45. The first-order valence-corrected chi connectivity index (χ1v) is 6.35. The molecule has 2 aliphatic rings. The SMILES string of the molecule is OCC1O[C@@H](OC[C@H]2OCC(O)C2O)C(O)C(O)[C@H]1O. The second kappa shape index (κ2) is 6.60. The lowest BCUT2D eigenvalue weighted by Crippen LogP contribution is -2.59. The molecule has 2 fully saturated rings. The van der Waals surface area contributed by atoms with Crippen LogP contribution in [0.4, 0.5) is 0 Å². The summed E-state index contributed by atoms with van der Waals surface area (Å²) in [6, 6.07) is 0. The van der Waals surface area contributed by atoms with Crippen molar-refractivity contribution in [2.75, 3.05) is 19.8 Å². The maximum atomic E-state index is 9.72. The molecule has 0 aromatic carbocycles. The van der Waals surface area contributed by atoms with Gasteiger partial charge in [-0.25, -0.2) is 0 Å². The van der Waals surface area contributed by atoms with E-state index in [1.54, 1.807) is 0 Å².